The van der Waals surface area contributed by atoms with Crippen molar-refractivity contribution in [2.24, 2.45) is 22.9 Å². The summed E-state index contributed by atoms with van der Waals surface area (Å²) in [6.45, 7) is 4.33. The molecule has 0 rings (SSSR count). The number of nitrogens with one attached hydrogen (secondary N) is 1. The monoisotopic (exact) mass is 199 g/mol. The summed E-state index contributed by atoms with van der Waals surface area (Å²) in [5.74, 6) is 0. The Bertz CT molecular complexity index is 49.2. The molecule has 0 aliphatic carbocycles. The van der Waals surface area contributed by atoms with Crippen molar-refractivity contribution < 1.29 is 0 Å². The van der Waals surface area contributed by atoms with Gasteiger partial charge in [-0.25, -0.2) is 0 Å². The highest BCUT2D eigenvalue weighted by Gasteiger charge is 1.76. The Morgan fingerprint density at radius 1 is 0.667 bits per heavy atom. The molecular formula is C6H22ClN5. The summed E-state index contributed by atoms with van der Waals surface area (Å²) < 4.78 is 0. The normalized spacial score (nSPS) is 8.00. The number of nitrogens with two attached hydrogens (primary N) is 4. The molecule has 0 radical (unpaired) electrons. The van der Waals surface area contributed by atoms with Crippen LogP contribution in [0.2, 0.25) is 0 Å². The van der Waals surface area contributed by atoms with E-state index in [1.807, 2.05) is 0 Å². The summed E-state index contributed by atoms with van der Waals surface area (Å²) in [5, 5.41) is 3.03. The van der Waals surface area contributed by atoms with Crippen molar-refractivity contribution in [3.63, 3.8) is 0 Å². The van der Waals surface area contributed by atoms with E-state index in [0.29, 0.717) is 26.2 Å². The topological polar surface area (TPSA) is 116 Å². The predicted molar refractivity (Wildman–Crippen MR) is 56.3 cm³/mol. The zero-order chi connectivity index (χ0) is 8.95. The van der Waals surface area contributed by atoms with Crippen LogP contribution < -0.4 is 28.3 Å². The van der Waals surface area contributed by atoms with E-state index in [1.54, 1.807) is 0 Å². The van der Waals surface area contributed by atoms with E-state index >= 15 is 0 Å². The first-order valence-corrected chi connectivity index (χ1v) is 3.84. The first-order chi connectivity index (χ1) is 5.33. The first kappa shape index (κ1) is 18.0. The summed E-state index contributed by atoms with van der Waals surface area (Å²) in [5.41, 5.74) is 20.1. The maximum atomic E-state index is 5.17. The highest BCUT2D eigenvalue weighted by molar-refractivity contribution is 5.85. The number of halogens is 1. The fourth-order valence-electron chi connectivity index (χ4n) is 0.329. The van der Waals surface area contributed by atoms with Gasteiger partial charge in [0.05, 0.1) is 0 Å². The van der Waals surface area contributed by atoms with Gasteiger partial charge in [-0.1, -0.05) is 0 Å². The third-order valence-electron chi connectivity index (χ3n) is 0.809. The summed E-state index contributed by atoms with van der Waals surface area (Å²) in [6.07, 6.45) is 0. The van der Waals surface area contributed by atoms with Gasteiger partial charge in [0.15, 0.2) is 0 Å². The Balaban J connectivity index is -0.000000142. The standard InChI is InChI=1S/C4H13N3.C2H8N2.ClH/c5-1-3-7-4-2-6;3-1-2-4;/h7H,1-6H2;1-4H2;1H. The lowest BCUT2D eigenvalue weighted by Gasteiger charge is -1.95. The largest absolute Gasteiger partial charge is 0.329 e. The Hall–Kier alpha value is 0.0900. The second-order valence-electron chi connectivity index (χ2n) is 1.90. The maximum absolute atomic E-state index is 5.17. The lowest BCUT2D eigenvalue weighted by atomic mass is 10.6. The van der Waals surface area contributed by atoms with Gasteiger partial charge in [0.1, 0.15) is 0 Å². The summed E-state index contributed by atoms with van der Waals surface area (Å²) in [6, 6.07) is 0. The van der Waals surface area contributed by atoms with Gasteiger partial charge < -0.3 is 28.3 Å². The average Bonchev–Trinajstić information content (AvgIpc) is 2.06. The second-order valence-corrected chi connectivity index (χ2v) is 1.90. The minimum absolute atomic E-state index is 0. The fraction of sp³-hybridized carbons (Fsp3) is 1.00. The van der Waals surface area contributed by atoms with Crippen molar-refractivity contribution >= 4 is 12.4 Å². The quantitative estimate of drug-likeness (QED) is 0.323. The van der Waals surface area contributed by atoms with Crippen molar-refractivity contribution in [3.8, 4) is 0 Å². The van der Waals surface area contributed by atoms with Crippen molar-refractivity contribution in [2.45, 2.75) is 0 Å². The van der Waals surface area contributed by atoms with Crippen LogP contribution in [0.5, 0.6) is 0 Å². The first-order valence-electron chi connectivity index (χ1n) is 3.84. The minimum Gasteiger partial charge on any atom is -0.329 e. The number of hydrogen-bond donors (Lipinski definition) is 5. The van der Waals surface area contributed by atoms with Gasteiger partial charge in [0.2, 0.25) is 0 Å². The lowest BCUT2D eigenvalue weighted by molar-refractivity contribution is 0.696. The third kappa shape index (κ3) is 32.2. The van der Waals surface area contributed by atoms with Gasteiger partial charge in [0, 0.05) is 39.3 Å². The van der Waals surface area contributed by atoms with Gasteiger partial charge in [-0.3, -0.25) is 0 Å². The molecule has 0 saturated carbocycles. The van der Waals surface area contributed by atoms with Gasteiger partial charge in [-0.15, -0.1) is 12.4 Å². The predicted octanol–water partition coefficient (Wildman–Crippen LogP) is -2.18. The molecule has 0 bridgehead atoms. The molecule has 5 nitrogen and oxygen atoms in total. The van der Waals surface area contributed by atoms with Gasteiger partial charge in [-0.2, -0.15) is 0 Å². The molecule has 0 aromatic carbocycles. The van der Waals surface area contributed by atoms with Crippen LogP contribution in [0.1, 0.15) is 0 Å². The molecule has 6 heteroatoms. The zero-order valence-corrected chi connectivity index (χ0v) is 8.28. The Morgan fingerprint density at radius 3 is 1.17 bits per heavy atom. The summed E-state index contributed by atoms with van der Waals surface area (Å²) >= 11 is 0. The van der Waals surface area contributed by atoms with Crippen LogP contribution in [0.15, 0.2) is 0 Å². The van der Waals surface area contributed by atoms with E-state index in [9.17, 15) is 0 Å². The van der Waals surface area contributed by atoms with E-state index in [1.165, 1.54) is 0 Å². The average molecular weight is 200 g/mol. The van der Waals surface area contributed by atoms with Crippen molar-refractivity contribution in [1.29, 1.82) is 0 Å². The zero-order valence-electron chi connectivity index (χ0n) is 7.46. The van der Waals surface area contributed by atoms with Crippen LogP contribution in [0.3, 0.4) is 0 Å². The van der Waals surface area contributed by atoms with Gasteiger partial charge in [0.25, 0.3) is 0 Å². The van der Waals surface area contributed by atoms with E-state index in [0.717, 1.165) is 13.1 Å². The van der Waals surface area contributed by atoms with Crippen LogP contribution in [0.4, 0.5) is 0 Å². The second kappa shape index (κ2) is 22.5. The molecule has 0 saturated heterocycles. The Kier molecular flexibility index (Phi) is 33.7. The molecule has 0 aromatic rings. The SMILES string of the molecule is Cl.NCCN.NCCNCCN. The van der Waals surface area contributed by atoms with Crippen LogP contribution in [0.25, 0.3) is 0 Å². The molecule has 0 atom stereocenters. The van der Waals surface area contributed by atoms with E-state index in [4.69, 9.17) is 22.9 Å². The fourth-order valence-corrected chi connectivity index (χ4v) is 0.329. The molecule has 0 aliphatic rings. The summed E-state index contributed by atoms with van der Waals surface area (Å²) in [4.78, 5) is 0. The Labute approximate surface area is 80.6 Å². The van der Waals surface area contributed by atoms with Crippen LogP contribution in [-0.4, -0.2) is 39.3 Å². The third-order valence-corrected chi connectivity index (χ3v) is 0.809. The highest BCUT2D eigenvalue weighted by atomic mass is 35.5. The van der Waals surface area contributed by atoms with Gasteiger partial charge in [-0.05, 0) is 0 Å². The molecule has 12 heavy (non-hydrogen) atoms. The number of hydrogen-bond acceptors (Lipinski definition) is 5. The minimum atomic E-state index is 0. The van der Waals surface area contributed by atoms with Crippen molar-refractivity contribution in [2.75, 3.05) is 39.3 Å². The molecule has 0 unspecified atom stereocenters. The number of rotatable bonds is 5. The molecule has 0 spiro atoms. The molecule has 0 fully saturated rings. The molecule has 0 amide bonds. The molecule has 78 valence electrons. The van der Waals surface area contributed by atoms with Crippen LogP contribution in [0, 0.1) is 0 Å². The van der Waals surface area contributed by atoms with Crippen molar-refractivity contribution in [1.82, 2.24) is 5.32 Å². The van der Waals surface area contributed by atoms with E-state index < -0.39 is 0 Å². The van der Waals surface area contributed by atoms with Gasteiger partial charge >= 0.3 is 0 Å². The highest BCUT2D eigenvalue weighted by Crippen LogP contribution is 1.49. The molecule has 9 N–H and O–H groups in total. The van der Waals surface area contributed by atoms with Crippen molar-refractivity contribution in [3.05, 3.63) is 0 Å². The summed E-state index contributed by atoms with van der Waals surface area (Å²) in [7, 11) is 0. The van der Waals surface area contributed by atoms with E-state index in [2.05, 4.69) is 5.32 Å². The maximum Gasteiger partial charge on any atom is 0.00750 e. The van der Waals surface area contributed by atoms with Crippen LogP contribution >= 0.6 is 12.4 Å². The smallest absolute Gasteiger partial charge is 0.00750 e. The lowest BCUT2D eigenvalue weighted by Crippen LogP contribution is -2.27. The molecule has 0 aromatic heterocycles. The molecular weight excluding hydrogens is 178 g/mol. The van der Waals surface area contributed by atoms with E-state index in [-0.39, 0.29) is 12.4 Å². The molecule has 0 aliphatic heterocycles. The molecule has 0 heterocycles. The Morgan fingerprint density at radius 2 is 1.00 bits per heavy atom. The van der Waals surface area contributed by atoms with Crippen LogP contribution in [-0.2, 0) is 0 Å².